The largest absolute Gasteiger partial charge is 0.490 e. The number of ether oxygens (including phenoxy) is 1. The Morgan fingerprint density at radius 3 is 2.55 bits per heavy atom. The Bertz CT molecular complexity index is 1070. The number of para-hydroxylation sites is 1. The number of nitrogens with one attached hydrogen (secondary N) is 1. The van der Waals surface area contributed by atoms with Crippen molar-refractivity contribution in [3.8, 4) is 5.75 Å². The molecule has 1 atom stereocenters. The van der Waals surface area contributed by atoms with Crippen LogP contribution in [0.3, 0.4) is 0 Å². The molecule has 1 saturated heterocycles. The maximum absolute atomic E-state index is 13.1. The standard InChI is InChI=1S/C22H19F3N2O3S/c1-3-13(2)30-18-10-5-4-7-14(18)11-17-19(28)26-21(31)27(20(17)29)16-9-6-8-15(12-16)22(23,24)25/h4-13H,3H2,1-2H3,(H,26,28,31)/b17-11+/t13-/m1/s1. The first kappa shape index (κ1) is 22.5. The first-order valence-corrected chi connectivity index (χ1v) is 9.87. The van der Waals surface area contributed by atoms with Crippen LogP contribution in [0, 0.1) is 0 Å². The highest BCUT2D eigenvalue weighted by molar-refractivity contribution is 7.80. The number of halogens is 3. The lowest BCUT2D eigenvalue weighted by atomic mass is 10.1. The van der Waals surface area contributed by atoms with Gasteiger partial charge in [0, 0.05) is 5.56 Å². The molecule has 1 fully saturated rings. The lowest BCUT2D eigenvalue weighted by Crippen LogP contribution is -2.54. The second-order valence-electron chi connectivity index (χ2n) is 6.88. The van der Waals surface area contributed by atoms with Gasteiger partial charge in [-0.3, -0.25) is 19.8 Å². The lowest BCUT2D eigenvalue weighted by Gasteiger charge is -2.29. The summed E-state index contributed by atoms with van der Waals surface area (Å²) in [7, 11) is 0. The van der Waals surface area contributed by atoms with Gasteiger partial charge in [0.2, 0.25) is 0 Å². The number of rotatable bonds is 5. The van der Waals surface area contributed by atoms with E-state index in [-0.39, 0.29) is 22.5 Å². The van der Waals surface area contributed by atoms with Crippen molar-refractivity contribution >= 4 is 40.9 Å². The molecular formula is C22H19F3N2O3S. The quantitative estimate of drug-likeness (QED) is 0.409. The van der Waals surface area contributed by atoms with Gasteiger partial charge in [-0.15, -0.1) is 0 Å². The monoisotopic (exact) mass is 448 g/mol. The number of hydrogen-bond donors (Lipinski definition) is 1. The van der Waals surface area contributed by atoms with Gasteiger partial charge in [-0.1, -0.05) is 31.2 Å². The molecule has 31 heavy (non-hydrogen) atoms. The molecule has 2 aromatic rings. The number of amides is 2. The predicted octanol–water partition coefficient (Wildman–Crippen LogP) is 4.71. The third-order valence-corrected chi connectivity index (χ3v) is 4.94. The van der Waals surface area contributed by atoms with Crippen LogP contribution < -0.4 is 15.0 Å². The van der Waals surface area contributed by atoms with Crippen molar-refractivity contribution in [2.24, 2.45) is 0 Å². The van der Waals surface area contributed by atoms with Crippen LogP contribution in [0.1, 0.15) is 31.4 Å². The average molecular weight is 448 g/mol. The van der Waals surface area contributed by atoms with Gasteiger partial charge in [0.25, 0.3) is 11.8 Å². The van der Waals surface area contributed by atoms with Crippen molar-refractivity contribution in [1.29, 1.82) is 0 Å². The average Bonchev–Trinajstić information content (AvgIpc) is 2.71. The Morgan fingerprint density at radius 2 is 1.87 bits per heavy atom. The van der Waals surface area contributed by atoms with Gasteiger partial charge < -0.3 is 4.74 Å². The number of hydrogen-bond acceptors (Lipinski definition) is 4. The normalized spacial score (nSPS) is 17.0. The Labute approximate surface area is 182 Å². The first-order valence-electron chi connectivity index (χ1n) is 9.46. The second-order valence-corrected chi connectivity index (χ2v) is 7.27. The predicted molar refractivity (Wildman–Crippen MR) is 114 cm³/mol. The van der Waals surface area contributed by atoms with E-state index in [1.165, 1.54) is 18.2 Å². The van der Waals surface area contributed by atoms with Crippen LogP contribution in [-0.2, 0) is 15.8 Å². The van der Waals surface area contributed by atoms with Crippen molar-refractivity contribution in [2.75, 3.05) is 4.90 Å². The molecule has 5 nitrogen and oxygen atoms in total. The summed E-state index contributed by atoms with van der Waals surface area (Å²) in [6.45, 7) is 3.84. The molecule has 0 aromatic heterocycles. The number of benzene rings is 2. The Kier molecular flexibility index (Phi) is 6.45. The van der Waals surface area contributed by atoms with Gasteiger partial charge in [0.1, 0.15) is 11.3 Å². The molecular weight excluding hydrogens is 429 g/mol. The molecule has 9 heteroatoms. The van der Waals surface area contributed by atoms with E-state index in [1.807, 2.05) is 13.8 Å². The molecule has 1 aliphatic heterocycles. The smallest absolute Gasteiger partial charge is 0.416 e. The lowest BCUT2D eigenvalue weighted by molar-refractivity contribution is -0.137. The van der Waals surface area contributed by atoms with Crippen molar-refractivity contribution < 1.29 is 27.5 Å². The summed E-state index contributed by atoms with van der Waals surface area (Å²) in [6, 6.07) is 11.0. The van der Waals surface area contributed by atoms with Crippen LogP contribution in [0.2, 0.25) is 0 Å². The van der Waals surface area contributed by atoms with Crippen LogP contribution in [0.5, 0.6) is 5.75 Å². The number of thiocarbonyl (C=S) groups is 1. The Morgan fingerprint density at radius 1 is 1.16 bits per heavy atom. The molecule has 1 aliphatic rings. The highest BCUT2D eigenvalue weighted by atomic mass is 32.1. The summed E-state index contributed by atoms with van der Waals surface area (Å²) < 4.78 is 45.1. The minimum atomic E-state index is -4.59. The summed E-state index contributed by atoms with van der Waals surface area (Å²) in [5.41, 5.74) is -0.820. The van der Waals surface area contributed by atoms with Crippen LogP contribution in [0.25, 0.3) is 6.08 Å². The van der Waals surface area contributed by atoms with Crippen LogP contribution in [-0.4, -0.2) is 23.0 Å². The summed E-state index contributed by atoms with van der Waals surface area (Å²) in [4.78, 5) is 26.4. The topological polar surface area (TPSA) is 58.6 Å². The Hall–Kier alpha value is -3.20. The number of carbonyl (C=O) groups excluding carboxylic acids is 2. The van der Waals surface area contributed by atoms with Crippen LogP contribution >= 0.6 is 12.2 Å². The molecule has 2 amide bonds. The number of carbonyl (C=O) groups is 2. The van der Waals surface area contributed by atoms with E-state index >= 15 is 0 Å². The molecule has 3 rings (SSSR count). The van der Waals surface area contributed by atoms with E-state index in [1.54, 1.807) is 24.3 Å². The maximum Gasteiger partial charge on any atom is 0.416 e. The summed E-state index contributed by atoms with van der Waals surface area (Å²) in [6.07, 6.45) is -2.59. The van der Waals surface area contributed by atoms with E-state index in [2.05, 4.69) is 5.32 Å². The van der Waals surface area contributed by atoms with Crippen molar-refractivity contribution in [3.63, 3.8) is 0 Å². The van der Waals surface area contributed by atoms with Gasteiger partial charge in [-0.25, -0.2) is 0 Å². The molecule has 2 aromatic carbocycles. The number of anilines is 1. The van der Waals surface area contributed by atoms with E-state index in [0.29, 0.717) is 11.3 Å². The molecule has 0 bridgehead atoms. The van der Waals surface area contributed by atoms with E-state index in [9.17, 15) is 22.8 Å². The van der Waals surface area contributed by atoms with Gasteiger partial charge in [0.05, 0.1) is 17.4 Å². The zero-order valence-electron chi connectivity index (χ0n) is 16.7. The van der Waals surface area contributed by atoms with E-state index < -0.39 is 23.6 Å². The highest BCUT2D eigenvalue weighted by Gasteiger charge is 2.36. The SMILES string of the molecule is CC[C@@H](C)Oc1ccccc1/C=C1\C(=O)NC(=S)N(c2cccc(C(F)(F)F)c2)C1=O. The van der Waals surface area contributed by atoms with Crippen LogP contribution in [0.15, 0.2) is 54.1 Å². The maximum atomic E-state index is 13.1. The minimum absolute atomic E-state index is 0.0929. The van der Waals surface area contributed by atoms with Crippen molar-refractivity contribution in [1.82, 2.24) is 5.32 Å². The number of alkyl halides is 3. The third kappa shape index (κ3) is 4.93. The van der Waals surface area contributed by atoms with Gasteiger partial charge >= 0.3 is 6.18 Å². The number of nitrogens with zero attached hydrogens (tertiary/aromatic N) is 1. The van der Waals surface area contributed by atoms with Crippen molar-refractivity contribution in [3.05, 3.63) is 65.2 Å². The van der Waals surface area contributed by atoms with Gasteiger partial charge in [0.15, 0.2) is 5.11 Å². The fourth-order valence-corrected chi connectivity index (χ4v) is 3.16. The summed E-state index contributed by atoms with van der Waals surface area (Å²) in [5, 5.41) is 2.07. The molecule has 162 valence electrons. The van der Waals surface area contributed by atoms with E-state index in [0.717, 1.165) is 23.5 Å². The van der Waals surface area contributed by atoms with Gasteiger partial charge in [-0.2, -0.15) is 13.2 Å². The highest BCUT2D eigenvalue weighted by Crippen LogP contribution is 2.33. The molecule has 0 spiro atoms. The molecule has 1 heterocycles. The molecule has 1 N–H and O–H groups in total. The minimum Gasteiger partial charge on any atom is -0.490 e. The molecule has 0 saturated carbocycles. The molecule has 0 aliphatic carbocycles. The molecule has 0 radical (unpaired) electrons. The fraction of sp³-hybridized carbons (Fsp3) is 0.227. The first-order chi connectivity index (χ1) is 14.6. The Balaban J connectivity index is 2.02. The van der Waals surface area contributed by atoms with Gasteiger partial charge in [-0.05, 0) is 55.9 Å². The zero-order chi connectivity index (χ0) is 22.8. The van der Waals surface area contributed by atoms with E-state index in [4.69, 9.17) is 17.0 Å². The molecule has 0 unspecified atom stereocenters. The van der Waals surface area contributed by atoms with Crippen molar-refractivity contribution in [2.45, 2.75) is 32.5 Å². The second kappa shape index (κ2) is 8.89. The third-order valence-electron chi connectivity index (χ3n) is 4.66. The fourth-order valence-electron chi connectivity index (χ4n) is 2.88. The summed E-state index contributed by atoms with van der Waals surface area (Å²) >= 11 is 5.06. The van der Waals surface area contributed by atoms with Crippen LogP contribution in [0.4, 0.5) is 18.9 Å². The summed E-state index contributed by atoms with van der Waals surface area (Å²) in [5.74, 6) is -1.09. The zero-order valence-corrected chi connectivity index (χ0v) is 17.5.